The fourth-order valence-electron chi connectivity index (χ4n) is 4.31. The molecule has 0 bridgehead atoms. The van der Waals surface area contributed by atoms with E-state index >= 15 is 0 Å². The Hall–Kier alpha value is -3.79. The number of fused-ring (bicyclic) bond motifs is 2. The van der Waals surface area contributed by atoms with E-state index < -0.39 is 22.0 Å². The zero-order valence-electron chi connectivity index (χ0n) is 17.7. The van der Waals surface area contributed by atoms with E-state index in [0.717, 1.165) is 10.9 Å². The van der Waals surface area contributed by atoms with Crippen LogP contribution in [-0.2, 0) is 26.2 Å². The molecule has 2 aromatic carbocycles. The van der Waals surface area contributed by atoms with Gasteiger partial charge in [-0.3, -0.25) is 29.4 Å². The van der Waals surface area contributed by atoms with Gasteiger partial charge in [-0.1, -0.05) is 12.1 Å². The molecule has 1 aromatic heterocycles. The minimum absolute atomic E-state index is 0.0572. The lowest BCUT2D eigenvalue weighted by atomic mass is 10.0. The number of nitrogens with zero attached hydrogens (tertiary/aromatic N) is 2. The second-order valence-electron chi connectivity index (χ2n) is 8.22. The lowest BCUT2D eigenvalue weighted by Gasteiger charge is -2.29. The zero-order chi connectivity index (χ0) is 23.3. The molecule has 1 saturated heterocycles. The van der Waals surface area contributed by atoms with Gasteiger partial charge in [-0.15, -0.1) is 0 Å². The highest BCUT2D eigenvalue weighted by atomic mass is 32.2. The van der Waals surface area contributed by atoms with E-state index in [9.17, 15) is 22.8 Å². The first kappa shape index (κ1) is 21.1. The summed E-state index contributed by atoms with van der Waals surface area (Å²) >= 11 is 0. The van der Waals surface area contributed by atoms with Crippen molar-refractivity contribution in [2.75, 3.05) is 4.72 Å². The number of pyridine rings is 1. The fourth-order valence-corrected chi connectivity index (χ4v) is 5.54. The summed E-state index contributed by atoms with van der Waals surface area (Å²) < 4.78 is 28.8. The summed E-state index contributed by atoms with van der Waals surface area (Å²) in [5.74, 6) is -1.16. The fraction of sp³-hybridized carbons (Fsp3) is 0.217. The Morgan fingerprint density at radius 1 is 1.12 bits per heavy atom. The normalized spacial score (nSPS) is 18.4. The van der Waals surface area contributed by atoms with Crippen molar-refractivity contribution in [2.24, 2.45) is 0 Å². The van der Waals surface area contributed by atoms with Gasteiger partial charge in [-0.25, -0.2) is 8.42 Å². The number of nitrogens with one attached hydrogen (secondary N) is 2. The van der Waals surface area contributed by atoms with E-state index in [4.69, 9.17) is 0 Å². The molecule has 10 heteroatoms. The summed E-state index contributed by atoms with van der Waals surface area (Å²) in [4.78, 5) is 42.2. The molecule has 1 unspecified atom stereocenters. The van der Waals surface area contributed by atoms with E-state index in [-0.39, 0.29) is 36.1 Å². The Morgan fingerprint density at radius 3 is 2.73 bits per heavy atom. The molecular weight excluding hydrogens is 444 g/mol. The predicted octanol–water partition coefficient (Wildman–Crippen LogP) is 2.11. The highest BCUT2D eigenvalue weighted by molar-refractivity contribution is 7.93. The summed E-state index contributed by atoms with van der Waals surface area (Å²) in [6.45, 7) is 2.04. The summed E-state index contributed by atoms with van der Waals surface area (Å²) in [7, 11) is -3.95. The Bertz CT molecular complexity index is 1450. The maximum Gasteiger partial charge on any atom is 0.264 e. The molecule has 0 radical (unpaired) electrons. The third-order valence-electron chi connectivity index (χ3n) is 5.88. The van der Waals surface area contributed by atoms with Crippen LogP contribution in [-0.4, -0.2) is 42.1 Å². The van der Waals surface area contributed by atoms with Gasteiger partial charge in [0.25, 0.3) is 15.9 Å². The van der Waals surface area contributed by atoms with Crippen LogP contribution in [0.1, 0.15) is 34.3 Å². The second kappa shape index (κ2) is 7.66. The van der Waals surface area contributed by atoms with Crippen molar-refractivity contribution in [3.8, 4) is 0 Å². The van der Waals surface area contributed by atoms with Gasteiger partial charge in [-0.05, 0) is 54.8 Å². The van der Waals surface area contributed by atoms with Crippen LogP contribution in [0.25, 0.3) is 10.9 Å². The number of imide groups is 1. The standard InChI is InChI=1S/C23H20N4O5S/c1-13-9-14-3-2-4-19(21(14)24-11-13)33(31,32)26-16-5-6-17-15(10-16)12-27(23(17)30)18-7-8-20(28)25-22(18)29/h2-6,9-11,18,26H,7-8,12H2,1H3,(H,25,28,29). The number of para-hydroxylation sites is 1. The lowest BCUT2D eigenvalue weighted by Crippen LogP contribution is -2.52. The number of carbonyl (C=O) groups excluding carboxylic acids is 3. The molecular formula is C23H20N4O5S. The first-order valence-electron chi connectivity index (χ1n) is 10.4. The van der Waals surface area contributed by atoms with Crippen LogP contribution in [0.2, 0.25) is 0 Å². The summed E-state index contributed by atoms with van der Waals surface area (Å²) in [6, 6.07) is 10.8. The number of sulfonamides is 1. The third kappa shape index (κ3) is 3.72. The highest BCUT2D eigenvalue weighted by Gasteiger charge is 2.39. The second-order valence-corrected chi connectivity index (χ2v) is 9.87. The molecule has 3 aromatic rings. The van der Waals surface area contributed by atoms with E-state index in [1.165, 1.54) is 17.0 Å². The van der Waals surface area contributed by atoms with Gasteiger partial charge in [0, 0.05) is 35.8 Å². The number of rotatable bonds is 4. The van der Waals surface area contributed by atoms with Crippen molar-refractivity contribution in [1.82, 2.24) is 15.2 Å². The number of carbonyl (C=O) groups is 3. The van der Waals surface area contributed by atoms with E-state index in [2.05, 4.69) is 15.0 Å². The van der Waals surface area contributed by atoms with Gasteiger partial charge in [0.2, 0.25) is 11.8 Å². The molecule has 2 aliphatic rings. The number of amides is 3. The SMILES string of the molecule is Cc1cnc2c(S(=O)(=O)Nc3ccc4c(c3)CN(C3CCC(=O)NC3=O)C4=O)cccc2c1. The quantitative estimate of drug-likeness (QED) is 0.570. The topological polar surface area (TPSA) is 126 Å². The molecule has 2 N–H and O–H groups in total. The first-order valence-corrected chi connectivity index (χ1v) is 11.9. The molecule has 0 spiro atoms. The highest BCUT2D eigenvalue weighted by Crippen LogP contribution is 2.31. The average molecular weight is 465 g/mol. The largest absolute Gasteiger partial charge is 0.322 e. The smallest absolute Gasteiger partial charge is 0.264 e. The van der Waals surface area contributed by atoms with Crippen LogP contribution in [0.3, 0.4) is 0 Å². The van der Waals surface area contributed by atoms with E-state index in [1.807, 2.05) is 13.0 Å². The third-order valence-corrected chi connectivity index (χ3v) is 7.29. The maximum atomic E-state index is 13.1. The zero-order valence-corrected chi connectivity index (χ0v) is 18.5. The van der Waals surface area contributed by atoms with Crippen LogP contribution in [0.15, 0.2) is 53.6 Å². The molecule has 3 heterocycles. The number of hydrogen-bond acceptors (Lipinski definition) is 6. The Balaban J connectivity index is 1.42. The van der Waals surface area contributed by atoms with Gasteiger partial charge in [0.05, 0.1) is 5.52 Å². The van der Waals surface area contributed by atoms with Gasteiger partial charge in [0.15, 0.2) is 0 Å². The van der Waals surface area contributed by atoms with Crippen molar-refractivity contribution < 1.29 is 22.8 Å². The number of piperidine rings is 1. The van der Waals surface area contributed by atoms with Crippen molar-refractivity contribution in [2.45, 2.75) is 37.2 Å². The van der Waals surface area contributed by atoms with Crippen LogP contribution >= 0.6 is 0 Å². The molecule has 3 amide bonds. The van der Waals surface area contributed by atoms with E-state index in [1.54, 1.807) is 30.5 Å². The molecule has 33 heavy (non-hydrogen) atoms. The van der Waals surface area contributed by atoms with Gasteiger partial charge in [0.1, 0.15) is 10.9 Å². The molecule has 1 atom stereocenters. The predicted molar refractivity (Wildman–Crippen MR) is 120 cm³/mol. The minimum Gasteiger partial charge on any atom is -0.322 e. The number of anilines is 1. The summed E-state index contributed by atoms with van der Waals surface area (Å²) in [6.07, 6.45) is 2.05. The van der Waals surface area contributed by atoms with Crippen LogP contribution < -0.4 is 10.0 Å². The van der Waals surface area contributed by atoms with Gasteiger partial charge in [-0.2, -0.15) is 0 Å². The van der Waals surface area contributed by atoms with Crippen molar-refractivity contribution in [3.05, 3.63) is 65.4 Å². The van der Waals surface area contributed by atoms with Crippen LogP contribution in [0, 0.1) is 6.92 Å². The molecule has 168 valence electrons. The number of aryl methyl sites for hydroxylation is 1. The molecule has 2 aliphatic heterocycles. The van der Waals surface area contributed by atoms with Gasteiger partial charge < -0.3 is 4.90 Å². The van der Waals surface area contributed by atoms with Crippen molar-refractivity contribution in [1.29, 1.82) is 0 Å². The number of benzene rings is 2. The average Bonchev–Trinajstić information content (AvgIpc) is 3.08. The Labute approximate surface area is 189 Å². The Morgan fingerprint density at radius 2 is 1.94 bits per heavy atom. The molecule has 9 nitrogen and oxygen atoms in total. The van der Waals surface area contributed by atoms with Crippen LogP contribution in [0.4, 0.5) is 5.69 Å². The molecule has 0 aliphatic carbocycles. The Kier molecular flexibility index (Phi) is 4.89. The summed E-state index contributed by atoms with van der Waals surface area (Å²) in [5.41, 5.74) is 2.61. The molecule has 0 saturated carbocycles. The monoisotopic (exact) mass is 464 g/mol. The minimum atomic E-state index is -3.95. The molecule has 1 fully saturated rings. The van der Waals surface area contributed by atoms with Crippen LogP contribution in [0.5, 0.6) is 0 Å². The van der Waals surface area contributed by atoms with Crippen molar-refractivity contribution >= 4 is 44.3 Å². The number of hydrogen-bond donors (Lipinski definition) is 2. The summed E-state index contributed by atoms with van der Waals surface area (Å²) in [5, 5.41) is 2.98. The van der Waals surface area contributed by atoms with Gasteiger partial charge >= 0.3 is 0 Å². The van der Waals surface area contributed by atoms with E-state index in [0.29, 0.717) is 22.3 Å². The molecule has 5 rings (SSSR count). The maximum absolute atomic E-state index is 13.1. The lowest BCUT2D eigenvalue weighted by molar-refractivity contribution is -0.136. The van der Waals surface area contributed by atoms with Crippen molar-refractivity contribution in [3.63, 3.8) is 0 Å². The number of aromatic nitrogens is 1. The first-order chi connectivity index (χ1) is 15.7.